The zero-order chi connectivity index (χ0) is 15.4. The van der Waals surface area contributed by atoms with Crippen LogP contribution in [0.2, 0.25) is 0 Å². The number of aryl methyl sites for hydroxylation is 1. The van der Waals surface area contributed by atoms with E-state index in [0.717, 1.165) is 51.5 Å². The molecule has 1 N–H and O–H groups in total. The number of carbonyl (C=O) groups is 1. The van der Waals surface area contributed by atoms with E-state index < -0.39 is 0 Å². The molecule has 0 saturated carbocycles. The first-order chi connectivity index (χ1) is 10.7. The Labute approximate surface area is 130 Å². The van der Waals surface area contributed by atoms with Gasteiger partial charge in [-0.3, -0.25) is 9.69 Å². The minimum Gasteiger partial charge on any atom is -0.379 e. The molecule has 2 fully saturated rings. The highest BCUT2D eigenvalue weighted by atomic mass is 16.5. The molecular weight excluding hydrogens is 284 g/mol. The molecular formula is C15H24N4O3. The monoisotopic (exact) mass is 308 g/mol. The Hall–Kier alpha value is -1.44. The van der Waals surface area contributed by atoms with E-state index in [4.69, 9.17) is 9.47 Å². The highest BCUT2D eigenvalue weighted by Gasteiger charge is 2.26. The van der Waals surface area contributed by atoms with Gasteiger partial charge in [0.05, 0.1) is 19.3 Å². The van der Waals surface area contributed by atoms with E-state index in [1.165, 1.54) is 0 Å². The Bertz CT molecular complexity index is 499. The molecule has 0 unspecified atom stereocenters. The molecule has 0 bridgehead atoms. The summed E-state index contributed by atoms with van der Waals surface area (Å²) in [6.45, 7) is 8.23. The Morgan fingerprint density at radius 3 is 2.91 bits per heavy atom. The molecule has 3 rings (SSSR count). The number of nitrogens with zero attached hydrogens (tertiary/aromatic N) is 3. The van der Waals surface area contributed by atoms with Crippen LogP contribution in [0.4, 0.5) is 0 Å². The lowest BCUT2D eigenvalue weighted by molar-refractivity contribution is -0.0113. The summed E-state index contributed by atoms with van der Waals surface area (Å²) in [5.74, 6) is 0.384. The lowest BCUT2D eigenvalue weighted by Crippen LogP contribution is -2.46. The third-order valence-electron chi connectivity index (χ3n) is 4.11. The number of aromatic nitrogens is 2. The van der Waals surface area contributed by atoms with Gasteiger partial charge in [-0.2, -0.15) is 0 Å². The van der Waals surface area contributed by atoms with Gasteiger partial charge in [-0.05, 0) is 13.3 Å². The number of hydrogen-bond acceptors (Lipinski definition) is 5. The maximum atomic E-state index is 12.5. The largest absolute Gasteiger partial charge is 0.379 e. The van der Waals surface area contributed by atoms with E-state index in [9.17, 15) is 4.79 Å². The molecule has 2 aliphatic rings. The number of amides is 1. The first-order valence-electron chi connectivity index (χ1n) is 7.95. The molecule has 0 aromatic carbocycles. The van der Waals surface area contributed by atoms with Crippen LogP contribution in [0, 0.1) is 6.92 Å². The molecule has 3 heterocycles. The van der Waals surface area contributed by atoms with E-state index in [1.54, 1.807) is 6.20 Å². The predicted molar refractivity (Wildman–Crippen MR) is 80.8 cm³/mol. The van der Waals surface area contributed by atoms with Crippen LogP contribution in [0.5, 0.6) is 0 Å². The van der Waals surface area contributed by atoms with Gasteiger partial charge in [0.1, 0.15) is 0 Å². The van der Waals surface area contributed by atoms with Gasteiger partial charge in [-0.15, -0.1) is 0 Å². The quantitative estimate of drug-likeness (QED) is 0.868. The summed E-state index contributed by atoms with van der Waals surface area (Å²) >= 11 is 0. The van der Waals surface area contributed by atoms with E-state index in [0.29, 0.717) is 19.0 Å². The number of H-pyrrole nitrogens is 1. The molecule has 22 heavy (non-hydrogen) atoms. The van der Waals surface area contributed by atoms with Crippen molar-refractivity contribution in [3.8, 4) is 0 Å². The Kier molecular flexibility index (Phi) is 5.07. The van der Waals surface area contributed by atoms with E-state index in [-0.39, 0.29) is 12.0 Å². The minimum absolute atomic E-state index is 0.0365. The molecule has 1 atom stereocenters. The topological polar surface area (TPSA) is 70.7 Å². The Balaban J connectivity index is 1.60. The van der Waals surface area contributed by atoms with Gasteiger partial charge in [-0.25, -0.2) is 4.98 Å². The van der Waals surface area contributed by atoms with Crippen LogP contribution in [0.25, 0.3) is 0 Å². The lowest BCUT2D eigenvalue weighted by Gasteiger charge is -2.31. The number of imidazole rings is 1. The van der Waals surface area contributed by atoms with Crippen molar-refractivity contribution in [1.82, 2.24) is 19.8 Å². The second kappa shape index (κ2) is 7.21. The third-order valence-corrected chi connectivity index (χ3v) is 4.11. The molecule has 1 amide bonds. The number of carbonyl (C=O) groups excluding carboxylic acids is 1. The maximum absolute atomic E-state index is 12.5. The molecule has 2 aliphatic heterocycles. The average molecular weight is 308 g/mol. The summed E-state index contributed by atoms with van der Waals surface area (Å²) in [5, 5.41) is 0. The van der Waals surface area contributed by atoms with Crippen molar-refractivity contribution >= 4 is 5.91 Å². The molecule has 1 aromatic heterocycles. The Morgan fingerprint density at radius 1 is 1.36 bits per heavy atom. The molecule has 1 aromatic rings. The fraction of sp³-hybridized carbons (Fsp3) is 0.733. The van der Waals surface area contributed by atoms with Crippen molar-refractivity contribution in [3.63, 3.8) is 0 Å². The molecule has 0 aliphatic carbocycles. The van der Waals surface area contributed by atoms with E-state index in [1.807, 2.05) is 11.8 Å². The fourth-order valence-corrected chi connectivity index (χ4v) is 2.93. The molecule has 0 radical (unpaired) electrons. The predicted octanol–water partition coefficient (Wildman–Crippen LogP) is 0.281. The molecule has 7 nitrogen and oxygen atoms in total. The normalized spacial score (nSPS) is 24.2. The maximum Gasteiger partial charge on any atom is 0.289 e. The Morgan fingerprint density at radius 2 is 2.18 bits per heavy atom. The fourth-order valence-electron chi connectivity index (χ4n) is 2.93. The van der Waals surface area contributed by atoms with Crippen molar-refractivity contribution in [2.75, 3.05) is 52.5 Å². The van der Waals surface area contributed by atoms with Crippen molar-refractivity contribution < 1.29 is 14.3 Å². The summed E-state index contributed by atoms with van der Waals surface area (Å²) in [6.07, 6.45) is 2.61. The number of ether oxygens (including phenoxy) is 2. The lowest BCUT2D eigenvalue weighted by atomic mass is 10.2. The van der Waals surface area contributed by atoms with Gasteiger partial charge in [0.2, 0.25) is 0 Å². The summed E-state index contributed by atoms with van der Waals surface area (Å²) in [5.41, 5.74) is 0.902. The number of nitrogens with one attached hydrogen (secondary N) is 1. The second-order valence-electron chi connectivity index (χ2n) is 5.93. The number of rotatable bonds is 3. The van der Waals surface area contributed by atoms with Crippen LogP contribution in [0.15, 0.2) is 6.20 Å². The summed E-state index contributed by atoms with van der Waals surface area (Å²) < 4.78 is 11.3. The summed E-state index contributed by atoms with van der Waals surface area (Å²) in [7, 11) is 0. The standard InChI is InChI=1S/C15H24N4O3/c1-12-9-16-14(17-12)15(20)19-3-2-6-22-13(11-19)10-18-4-7-21-8-5-18/h9,13H,2-8,10-11H2,1H3,(H,16,17)/t13-/m0/s1. The average Bonchev–Trinajstić information content (AvgIpc) is 2.83. The van der Waals surface area contributed by atoms with Crippen LogP contribution >= 0.6 is 0 Å². The van der Waals surface area contributed by atoms with Gasteiger partial charge >= 0.3 is 0 Å². The molecule has 2 saturated heterocycles. The van der Waals surface area contributed by atoms with Gasteiger partial charge < -0.3 is 19.4 Å². The van der Waals surface area contributed by atoms with Gasteiger partial charge in [0, 0.05) is 51.2 Å². The minimum atomic E-state index is -0.0365. The van der Waals surface area contributed by atoms with Gasteiger partial charge in [0.25, 0.3) is 5.91 Å². The zero-order valence-corrected chi connectivity index (χ0v) is 13.1. The second-order valence-corrected chi connectivity index (χ2v) is 5.93. The van der Waals surface area contributed by atoms with Crippen LogP contribution in [0.1, 0.15) is 22.7 Å². The van der Waals surface area contributed by atoms with Crippen LogP contribution in [-0.2, 0) is 9.47 Å². The SMILES string of the molecule is Cc1cnc(C(=O)N2CCCO[C@@H](CN3CCOCC3)C2)[nH]1. The number of aromatic amines is 1. The third kappa shape index (κ3) is 3.85. The molecule has 0 spiro atoms. The molecule has 7 heteroatoms. The van der Waals surface area contributed by atoms with Crippen molar-refractivity contribution in [2.45, 2.75) is 19.4 Å². The summed E-state index contributed by atoms with van der Waals surface area (Å²) in [6, 6.07) is 0. The highest BCUT2D eigenvalue weighted by Crippen LogP contribution is 2.11. The number of hydrogen-bond donors (Lipinski definition) is 1. The summed E-state index contributed by atoms with van der Waals surface area (Å²) in [4.78, 5) is 23.9. The number of morpholine rings is 1. The first-order valence-corrected chi connectivity index (χ1v) is 7.95. The van der Waals surface area contributed by atoms with Gasteiger partial charge in [-0.1, -0.05) is 0 Å². The van der Waals surface area contributed by atoms with Crippen molar-refractivity contribution in [3.05, 3.63) is 17.7 Å². The first kappa shape index (κ1) is 15.5. The van der Waals surface area contributed by atoms with Crippen molar-refractivity contribution in [1.29, 1.82) is 0 Å². The van der Waals surface area contributed by atoms with Crippen LogP contribution in [0.3, 0.4) is 0 Å². The van der Waals surface area contributed by atoms with Crippen molar-refractivity contribution in [2.24, 2.45) is 0 Å². The smallest absolute Gasteiger partial charge is 0.289 e. The van der Waals surface area contributed by atoms with Crippen LogP contribution in [-0.4, -0.2) is 84.3 Å². The van der Waals surface area contributed by atoms with Gasteiger partial charge in [0.15, 0.2) is 5.82 Å². The molecule has 122 valence electrons. The highest BCUT2D eigenvalue weighted by molar-refractivity contribution is 5.90. The van der Waals surface area contributed by atoms with E-state index in [2.05, 4.69) is 14.9 Å². The van der Waals surface area contributed by atoms with E-state index >= 15 is 0 Å². The van der Waals surface area contributed by atoms with Crippen LogP contribution < -0.4 is 0 Å². The zero-order valence-electron chi connectivity index (χ0n) is 13.1.